The number of allylic oxidation sites excluding steroid dienone is 1. The summed E-state index contributed by atoms with van der Waals surface area (Å²) in [4.78, 5) is 0. The quantitative estimate of drug-likeness (QED) is 0.580. The average Bonchev–Trinajstić information content (AvgIpc) is 2.23. The van der Waals surface area contributed by atoms with Crippen molar-refractivity contribution in [1.82, 2.24) is 5.32 Å². The third-order valence-electron chi connectivity index (χ3n) is 2.54. The number of unbranched alkanes of at least 4 members (excludes halogenated alkanes) is 1. The summed E-state index contributed by atoms with van der Waals surface area (Å²) in [6.07, 6.45) is 5.14. The van der Waals surface area contributed by atoms with Crippen molar-refractivity contribution < 1.29 is 0 Å². The first kappa shape index (κ1) is 13.6. The van der Waals surface area contributed by atoms with E-state index in [1.54, 1.807) is 6.07 Å². The first-order valence-corrected chi connectivity index (χ1v) is 6.17. The Morgan fingerprint density at radius 2 is 1.94 bits per heavy atom. The number of benzene rings is 1. The van der Waals surface area contributed by atoms with Gasteiger partial charge in [-0.15, -0.1) is 6.58 Å². The van der Waals surface area contributed by atoms with Gasteiger partial charge in [0.1, 0.15) is 0 Å². The molecule has 0 amide bonds. The minimum Gasteiger partial charge on any atom is -0.313 e. The van der Waals surface area contributed by atoms with Crippen LogP contribution in [0.15, 0.2) is 30.9 Å². The summed E-state index contributed by atoms with van der Waals surface area (Å²) in [5, 5.41) is 4.65. The van der Waals surface area contributed by atoms with Crippen molar-refractivity contribution in [3.05, 3.63) is 46.5 Å². The molecule has 0 heterocycles. The molecule has 1 aromatic rings. The van der Waals surface area contributed by atoms with Crippen molar-refractivity contribution in [2.75, 3.05) is 7.05 Å². The Morgan fingerprint density at radius 1 is 1.31 bits per heavy atom. The summed E-state index contributed by atoms with van der Waals surface area (Å²) >= 11 is 12.0. The molecule has 0 aliphatic carbocycles. The van der Waals surface area contributed by atoms with Crippen molar-refractivity contribution >= 4 is 23.2 Å². The minimum atomic E-state index is 0.302. The lowest BCUT2D eigenvalue weighted by molar-refractivity contribution is 0.530. The SMILES string of the molecule is C=CCCCC(NC)c1cc(Cl)cc(Cl)c1. The summed E-state index contributed by atoms with van der Waals surface area (Å²) in [6, 6.07) is 5.98. The average molecular weight is 258 g/mol. The zero-order chi connectivity index (χ0) is 12.0. The summed E-state index contributed by atoms with van der Waals surface area (Å²) < 4.78 is 0. The molecule has 1 unspecified atom stereocenters. The molecule has 0 saturated carbocycles. The first-order valence-electron chi connectivity index (χ1n) is 5.41. The molecule has 1 aromatic carbocycles. The lowest BCUT2D eigenvalue weighted by atomic mass is 10.0. The number of rotatable bonds is 6. The van der Waals surface area contributed by atoms with E-state index < -0.39 is 0 Å². The molecule has 0 aromatic heterocycles. The topological polar surface area (TPSA) is 12.0 Å². The molecule has 0 aliphatic rings. The van der Waals surface area contributed by atoms with Gasteiger partial charge in [-0.3, -0.25) is 0 Å². The van der Waals surface area contributed by atoms with Gasteiger partial charge in [-0.25, -0.2) is 0 Å². The van der Waals surface area contributed by atoms with Gasteiger partial charge in [-0.05, 0) is 50.1 Å². The smallest absolute Gasteiger partial charge is 0.0424 e. The van der Waals surface area contributed by atoms with Crippen LogP contribution in [0, 0.1) is 0 Å². The van der Waals surface area contributed by atoms with Crippen molar-refractivity contribution in [3.63, 3.8) is 0 Å². The maximum Gasteiger partial charge on any atom is 0.0424 e. The zero-order valence-electron chi connectivity index (χ0n) is 9.47. The van der Waals surface area contributed by atoms with Gasteiger partial charge in [0.05, 0.1) is 0 Å². The molecule has 1 nitrogen and oxygen atoms in total. The molecule has 1 rings (SSSR count). The van der Waals surface area contributed by atoms with E-state index >= 15 is 0 Å². The van der Waals surface area contributed by atoms with Gasteiger partial charge in [0.2, 0.25) is 0 Å². The molecule has 1 atom stereocenters. The van der Waals surface area contributed by atoms with E-state index in [1.807, 2.05) is 25.3 Å². The van der Waals surface area contributed by atoms with E-state index in [2.05, 4.69) is 11.9 Å². The highest BCUT2D eigenvalue weighted by Crippen LogP contribution is 2.26. The maximum atomic E-state index is 5.98. The van der Waals surface area contributed by atoms with Crippen molar-refractivity contribution in [1.29, 1.82) is 0 Å². The van der Waals surface area contributed by atoms with Crippen molar-refractivity contribution in [2.45, 2.75) is 25.3 Å². The Morgan fingerprint density at radius 3 is 2.44 bits per heavy atom. The second kappa shape index (κ2) is 6.95. The van der Waals surface area contributed by atoms with Crippen LogP contribution in [0.2, 0.25) is 10.0 Å². The van der Waals surface area contributed by atoms with E-state index in [4.69, 9.17) is 23.2 Å². The van der Waals surface area contributed by atoms with Crippen LogP contribution in [0.1, 0.15) is 30.9 Å². The van der Waals surface area contributed by atoms with E-state index in [9.17, 15) is 0 Å². The van der Waals surface area contributed by atoms with E-state index in [1.165, 1.54) is 0 Å². The molecule has 0 saturated heterocycles. The molecule has 0 spiro atoms. The predicted octanol–water partition coefficient (Wildman–Crippen LogP) is 4.61. The molecular formula is C13H17Cl2N. The standard InChI is InChI=1S/C13H17Cl2N/c1-3-4-5-6-13(16-2)10-7-11(14)9-12(15)8-10/h3,7-9,13,16H,1,4-6H2,2H3. The highest BCUT2D eigenvalue weighted by molar-refractivity contribution is 6.34. The molecular weight excluding hydrogens is 241 g/mol. The fraction of sp³-hybridized carbons (Fsp3) is 0.385. The van der Waals surface area contributed by atoms with E-state index in [-0.39, 0.29) is 0 Å². The first-order chi connectivity index (χ1) is 7.67. The number of hydrogen-bond donors (Lipinski definition) is 1. The predicted molar refractivity (Wildman–Crippen MR) is 72.3 cm³/mol. The maximum absolute atomic E-state index is 5.98. The highest BCUT2D eigenvalue weighted by atomic mass is 35.5. The normalized spacial score (nSPS) is 12.4. The van der Waals surface area contributed by atoms with Crippen LogP contribution in [0.25, 0.3) is 0 Å². The molecule has 0 radical (unpaired) electrons. The van der Waals surface area contributed by atoms with E-state index in [0.717, 1.165) is 24.8 Å². The van der Waals surface area contributed by atoms with Crippen LogP contribution >= 0.6 is 23.2 Å². The molecule has 0 aliphatic heterocycles. The highest BCUT2D eigenvalue weighted by Gasteiger charge is 2.09. The van der Waals surface area contributed by atoms with Gasteiger partial charge in [-0.1, -0.05) is 29.3 Å². The Balaban J connectivity index is 2.73. The molecule has 16 heavy (non-hydrogen) atoms. The lowest BCUT2D eigenvalue weighted by Gasteiger charge is -2.16. The van der Waals surface area contributed by atoms with Crippen LogP contribution in [-0.2, 0) is 0 Å². The molecule has 1 N–H and O–H groups in total. The zero-order valence-corrected chi connectivity index (χ0v) is 11.0. The van der Waals surface area contributed by atoms with Crippen molar-refractivity contribution in [2.24, 2.45) is 0 Å². The number of halogens is 2. The second-order valence-corrected chi connectivity index (χ2v) is 4.64. The summed E-state index contributed by atoms with van der Waals surface area (Å²) in [5.41, 5.74) is 1.14. The molecule has 0 fully saturated rings. The van der Waals surface area contributed by atoms with Crippen LogP contribution in [-0.4, -0.2) is 7.05 Å². The van der Waals surface area contributed by atoms with Gasteiger partial charge < -0.3 is 5.32 Å². The Kier molecular flexibility index (Phi) is 5.89. The fourth-order valence-electron chi connectivity index (χ4n) is 1.72. The molecule has 88 valence electrons. The molecule has 3 heteroatoms. The monoisotopic (exact) mass is 257 g/mol. The third kappa shape index (κ3) is 4.17. The number of nitrogens with one attached hydrogen (secondary N) is 1. The second-order valence-electron chi connectivity index (χ2n) is 3.76. The minimum absolute atomic E-state index is 0.302. The fourth-order valence-corrected chi connectivity index (χ4v) is 2.26. The Hall–Kier alpha value is -0.500. The largest absolute Gasteiger partial charge is 0.313 e. The van der Waals surface area contributed by atoms with Gasteiger partial charge in [0, 0.05) is 16.1 Å². The lowest BCUT2D eigenvalue weighted by Crippen LogP contribution is -2.16. The van der Waals surface area contributed by atoms with Crippen LogP contribution in [0.4, 0.5) is 0 Å². The van der Waals surface area contributed by atoms with Gasteiger partial charge in [0.15, 0.2) is 0 Å². The Labute approximate surface area is 107 Å². The van der Waals surface area contributed by atoms with Gasteiger partial charge in [-0.2, -0.15) is 0 Å². The Bertz CT molecular complexity index is 330. The van der Waals surface area contributed by atoms with Crippen LogP contribution < -0.4 is 5.32 Å². The summed E-state index contributed by atoms with van der Waals surface area (Å²) in [6.45, 7) is 3.72. The summed E-state index contributed by atoms with van der Waals surface area (Å²) in [5.74, 6) is 0. The van der Waals surface area contributed by atoms with Gasteiger partial charge >= 0.3 is 0 Å². The number of hydrogen-bond acceptors (Lipinski definition) is 1. The van der Waals surface area contributed by atoms with Crippen molar-refractivity contribution in [3.8, 4) is 0 Å². The van der Waals surface area contributed by atoms with Crippen LogP contribution in [0.3, 0.4) is 0 Å². The van der Waals surface area contributed by atoms with Crippen LogP contribution in [0.5, 0.6) is 0 Å². The van der Waals surface area contributed by atoms with E-state index in [0.29, 0.717) is 16.1 Å². The third-order valence-corrected chi connectivity index (χ3v) is 2.97. The van der Waals surface area contributed by atoms with Gasteiger partial charge in [0.25, 0.3) is 0 Å². The summed E-state index contributed by atoms with van der Waals surface area (Å²) in [7, 11) is 1.95. The molecule has 0 bridgehead atoms.